The molecular weight excluding hydrogens is 369 g/mol. The van der Waals surface area contributed by atoms with Crippen molar-refractivity contribution in [3.63, 3.8) is 0 Å². The molecule has 0 aromatic rings. The minimum Gasteiger partial charge on any atom is -1.00 e. The molecule has 0 heterocycles. The van der Waals surface area contributed by atoms with E-state index in [0.717, 1.165) is 0 Å². The zero-order valence-electron chi connectivity index (χ0n) is 10.4. The molecule has 0 saturated carbocycles. The van der Waals surface area contributed by atoms with Gasteiger partial charge in [0.05, 0.1) is 0 Å². The zero-order valence-corrected chi connectivity index (χ0v) is 11.2. The summed E-state index contributed by atoms with van der Waals surface area (Å²) < 4.78 is 110. The number of halogens is 8. The van der Waals surface area contributed by atoms with Crippen LogP contribution in [0.3, 0.4) is 0 Å². The second kappa shape index (κ2) is 7.72. The molecule has 0 spiro atoms. The van der Waals surface area contributed by atoms with E-state index in [2.05, 4.69) is 4.31 Å². The van der Waals surface area contributed by atoms with Crippen LogP contribution in [0.5, 0.6) is 0 Å². The second-order valence-electron chi connectivity index (χ2n) is 2.63. The Kier molecular flexibility index (Phi) is 9.63. The van der Waals surface area contributed by atoms with Crippen LogP contribution in [-0.4, -0.2) is 37.8 Å². The quantitative estimate of drug-likeness (QED) is 0.279. The third-order valence-corrected chi connectivity index (χ3v) is 2.63. The topological polar surface area (TPSA) is 124 Å². The predicted octanol–water partition coefficient (Wildman–Crippen LogP) is -0.949. The van der Waals surface area contributed by atoms with E-state index in [4.69, 9.17) is 19.6 Å². The third-order valence-electron chi connectivity index (χ3n) is 0.925. The molecule has 0 aliphatic heterocycles. The van der Waals surface area contributed by atoms with Gasteiger partial charge in [-0.05, 0) is 0 Å². The summed E-state index contributed by atoms with van der Waals surface area (Å²) in [4.78, 5) is 31.0. The standard InChI is InChI=1S/C3F8.Li.H4O7P2.H/c4-1(5,2(6,7)8)3(9,10)11;;1-8(2,3)7-9(4,5)6;/h;;(H2,1,2,3)(H2,4,5,6);/q;+1;;-1. The van der Waals surface area contributed by atoms with E-state index in [0.29, 0.717) is 0 Å². The maximum absolute atomic E-state index is 11.2. The van der Waals surface area contributed by atoms with Crippen LogP contribution in [-0.2, 0) is 13.4 Å². The molecule has 18 heteroatoms. The van der Waals surface area contributed by atoms with Gasteiger partial charge in [-0.25, -0.2) is 9.13 Å². The summed E-state index contributed by atoms with van der Waals surface area (Å²) in [6, 6.07) is 0. The molecule has 0 aromatic carbocycles. The van der Waals surface area contributed by atoms with Crippen molar-refractivity contribution in [3.8, 4) is 0 Å². The average Bonchev–Trinajstić information content (AvgIpc) is 1.91. The fourth-order valence-electron chi connectivity index (χ4n) is 0.299. The van der Waals surface area contributed by atoms with Gasteiger partial charge in [0.15, 0.2) is 0 Å². The number of phosphoric acid groups is 2. The van der Waals surface area contributed by atoms with Crippen LogP contribution in [0.2, 0.25) is 0 Å². The van der Waals surface area contributed by atoms with Gasteiger partial charge in [0, 0.05) is 0 Å². The molecule has 4 N–H and O–H groups in total. The summed E-state index contributed by atoms with van der Waals surface area (Å²) >= 11 is 0. The Balaban J connectivity index is -0.000000137. The van der Waals surface area contributed by atoms with Crippen LogP contribution in [0.25, 0.3) is 0 Å². The molecule has 0 amide bonds. The number of hydrogen-bond donors (Lipinski definition) is 4. The summed E-state index contributed by atoms with van der Waals surface area (Å²) in [7, 11) is -10.1. The Morgan fingerprint density at radius 2 is 0.905 bits per heavy atom. The smallest absolute Gasteiger partial charge is 1.00 e. The van der Waals surface area contributed by atoms with Gasteiger partial charge in [0.2, 0.25) is 0 Å². The zero-order chi connectivity index (χ0) is 17.2. The van der Waals surface area contributed by atoms with Gasteiger partial charge in [-0.2, -0.15) is 39.4 Å². The molecule has 0 unspecified atom stereocenters. The van der Waals surface area contributed by atoms with Crippen LogP contribution in [0.4, 0.5) is 35.1 Å². The van der Waals surface area contributed by atoms with E-state index in [1.807, 2.05) is 0 Å². The molecular formula is C3H5F8LiO7P2. The molecule has 0 atom stereocenters. The Morgan fingerprint density at radius 1 is 0.714 bits per heavy atom. The molecule has 7 nitrogen and oxygen atoms in total. The van der Waals surface area contributed by atoms with Crippen molar-refractivity contribution in [1.82, 2.24) is 0 Å². The first-order valence-corrected chi connectivity index (χ1v) is 6.60. The number of alkyl halides is 8. The molecule has 21 heavy (non-hydrogen) atoms. The van der Waals surface area contributed by atoms with Gasteiger partial charge in [0.1, 0.15) is 0 Å². The second-order valence-corrected chi connectivity index (χ2v) is 5.25. The molecule has 0 bridgehead atoms. The van der Waals surface area contributed by atoms with Crippen molar-refractivity contribution in [3.05, 3.63) is 0 Å². The monoisotopic (exact) mass is 374 g/mol. The van der Waals surface area contributed by atoms with Crippen molar-refractivity contribution < 1.29 is 88.4 Å². The van der Waals surface area contributed by atoms with Crippen LogP contribution in [0.15, 0.2) is 0 Å². The molecule has 0 aromatic heterocycles. The van der Waals surface area contributed by atoms with Gasteiger partial charge in [0.25, 0.3) is 0 Å². The van der Waals surface area contributed by atoms with Crippen LogP contribution < -0.4 is 18.9 Å². The number of hydrogen-bond acceptors (Lipinski definition) is 3. The minimum absolute atomic E-state index is 0. The van der Waals surface area contributed by atoms with E-state index in [1.165, 1.54) is 0 Å². The fraction of sp³-hybridized carbons (Fsp3) is 1.00. The normalized spacial score (nSPS) is 13.9. The first-order valence-electron chi connectivity index (χ1n) is 3.54. The largest absolute Gasteiger partial charge is 1.00 e. The Hall–Kier alpha value is 0.297. The Bertz CT molecular complexity index is 377. The minimum atomic E-state index is -6.62. The van der Waals surface area contributed by atoms with Crippen molar-refractivity contribution in [1.29, 1.82) is 0 Å². The van der Waals surface area contributed by atoms with Gasteiger partial charge >= 0.3 is 52.8 Å². The summed E-state index contributed by atoms with van der Waals surface area (Å²) in [5.41, 5.74) is 0. The van der Waals surface area contributed by atoms with E-state index in [9.17, 15) is 44.3 Å². The fourth-order valence-corrected chi connectivity index (χ4v) is 1.41. The van der Waals surface area contributed by atoms with Crippen molar-refractivity contribution in [2.75, 3.05) is 0 Å². The first kappa shape index (κ1) is 26.2. The van der Waals surface area contributed by atoms with Crippen molar-refractivity contribution in [2.45, 2.75) is 18.3 Å². The number of rotatable bonds is 2. The summed E-state index contributed by atoms with van der Waals surface area (Å²) in [6.45, 7) is 0. The molecule has 0 aliphatic rings. The SMILES string of the molecule is FC(F)(F)C(F)(F)C(F)(F)F.O=P(O)(O)OP(=O)(O)O.[H-].[Li+]. The summed E-state index contributed by atoms with van der Waals surface area (Å²) in [5, 5.41) is 0. The third kappa shape index (κ3) is 11.5. The van der Waals surface area contributed by atoms with Crippen molar-refractivity contribution >= 4 is 15.6 Å². The average molecular weight is 374 g/mol. The van der Waals surface area contributed by atoms with E-state index >= 15 is 0 Å². The van der Waals surface area contributed by atoms with Crippen LogP contribution in [0.1, 0.15) is 1.43 Å². The maximum atomic E-state index is 11.2. The molecule has 0 aliphatic carbocycles. The van der Waals surface area contributed by atoms with Gasteiger partial charge in [-0.15, -0.1) is 0 Å². The van der Waals surface area contributed by atoms with Gasteiger partial charge in [-0.1, -0.05) is 0 Å². The Morgan fingerprint density at radius 3 is 0.905 bits per heavy atom. The van der Waals surface area contributed by atoms with Crippen LogP contribution in [0, 0.1) is 0 Å². The van der Waals surface area contributed by atoms with Crippen LogP contribution >= 0.6 is 15.6 Å². The van der Waals surface area contributed by atoms with Gasteiger partial charge < -0.3 is 21.0 Å². The summed E-state index contributed by atoms with van der Waals surface area (Å²) in [6.07, 6.45) is -13.2. The van der Waals surface area contributed by atoms with Crippen molar-refractivity contribution in [2.24, 2.45) is 0 Å². The first-order chi connectivity index (χ1) is 8.21. The predicted molar refractivity (Wildman–Crippen MR) is 43.3 cm³/mol. The van der Waals surface area contributed by atoms with E-state index in [1.54, 1.807) is 0 Å². The van der Waals surface area contributed by atoms with Gasteiger partial charge in [-0.3, -0.25) is 0 Å². The molecule has 0 radical (unpaired) electrons. The summed E-state index contributed by atoms with van der Waals surface area (Å²) in [5.74, 6) is -6.62. The maximum Gasteiger partial charge on any atom is 1.00 e. The molecule has 0 saturated heterocycles. The van der Waals surface area contributed by atoms with E-state index in [-0.39, 0.29) is 20.3 Å². The molecule has 0 fully saturated rings. The van der Waals surface area contributed by atoms with E-state index < -0.39 is 33.9 Å². The molecule has 0 rings (SSSR count). The Labute approximate surface area is 123 Å². The molecule has 126 valence electrons.